The average Bonchev–Trinajstić information content (AvgIpc) is 3.17. The van der Waals surface area contributed by atoms with Crippen molar-refractivity contribution in [3.05, 3.63) is 57.8 Å². The molecule has 0 aliphatic heterocycles. The predicted molar refractivity (Wildman–Crippen MR) is 100 cm³/mol. The van der Waals surface area contributed by atoms with Gasteiger partial charge >= 0.3 is 0 Å². The fourth-order valence-corrected chi connectivity index (χ4v) is 3.55. The van der Waals surface area contributed by atoms with Crippen LogP contribution < -0.4 is 5.32 Å². The molecule has 0 aliphatic rings. The number of amides is 1. The van der Waals surface area contributed by atoms with E-state index in [2.05, 4.69) is 25.6 Å². The highest BCUT2D eigenvalue weighted by atomic mass is 32.1. The number of hydrogen-bond donors (Lipinski definition) is 1. The Labute approximate surface area is 153 Å². The summed E-state index contributed by atoms with van der Waals surface area (Å²) in [4.78, 5) is 17.4. The molecule has 0 atom stereocenters. The number of carbonyl (C=O) groups excluding carboxylic acids is 1. The van der Waals surface area contributed by atoms with E-state index in [0.717, 1.165) is 27.8 Å². The van der Waals surface area contributed by atoms with E-state index in [1.165, 1.54) is 11.3 Å². The van der Waals surface area contributed by atoms with Crippen LogP contribution in [0.4, 0.5) is 5.69 Å². The van der Waals surface area contributed by atoms with Crippen LogP contribution >= 0.6 is 11.3 Å². The molecule has 7 nitrogen and oxygen atoms in total. The summed E-state index contributed by atoms with van der Waals surface area (Å²) in [5, 5.41) is 16.5. The number of nitrogens with zero attached hydrogens (tertiary/aromatic N) is 5. The van der Waals surface area contributed by atoms with Crippen molar-refractivity contribution in [3.63, 3.8) is 0 Å². The Hall–Kier alpha value is -3.13. The van der Waals surface area contributed by atoms with Gasteiger partial charge in [0.1, 0.15) is 4.88 Å². The number of fused-ring (bicyclic) bond motifs is 1. The van der Waals surface area contributed by atoms with Gasteiger partial charge in [-0.05, 0) is 45.0 Å². The lowest BCUT2D eigenvalue weighted by atomic mass is 10.1. The molecule has 0 spiro atoms. The van der Waals surface area contributed by atoms with Gasteiger partial charge in [-0.1, -0.05) is 12.1 Å². The number of rotatable bonds is 3. The quantitative estimate of drug-likeness (QED) is 0.602. The molecule has 8 heteroatoms. The van der Waals surface area contributed by atoms with Crippen molar-refractivity contribution in [2.75, 3.05) is 5.32 Å². The Morgan fingerprint density at radius 2 is 1.96 bits per heavy atom. The maximum Gasteiger partial charge on any atom is 0.267 e. The first-order chi connectivity index (χ1) is 12.5. The van der Waals surface area contributed by atoms with E-state index in [4.69, 9.17) is 0 Å². The third kappa shape index (κ3) is 2.95. The summed E-state index contributed by atoms with van der Waals surface area (Å²) in [5.41, 5.74) is 3.83. The molecule has 130 valence electrons. The first-order valence-corrected chi connectivity index (χ1v) is 8.88. The van der Waals surface area contributed by atoms with Gasteiger partial charge in [-0.3, -0.25) is 4.79 Å². The van der Waals surface area contributed by atoms with Crippen LogP contribution in [0.3, 0.4) is 0 Å². The molecule has 1 amide bonds. The van der Waals surface area contributed by atoms with Crippen LogP contribution in [-0.4, -0.2) is 30.7 Å². The van der Waals surface area contributed by atoms with Crippen molar-refractivity contribution >= 4 is 28.6 Å². The number of benzene rings is 1. The van der Waals surface area contributed by atoms with E-state index in [1.807, 2.05) is 57.2 Å². The minimum atomic E-state index is -0.150. The number of aromatic nitrogens is 5. The van der Waals surface area contributed by atoms with Gasteiger partial charge in [-0.2, -0.15) is 9.61 Å². The number of nitrogens with one attached hydrogen (secondary N) is 1. The summed E-state index contributed by atoms with van der Waals surface area (Å²) in [7, 11) is 0. The first kappa shape index (κ1) is 16.3. The Balaban J connectivity index is 1.64. The Kier molecular flexibility index (Phi) is 3.96. The lowest BCUT2D eigenvalue weighted by Crippen LogP contribution is -2.11. The average molecular weight is 364 g/mol. The van der Waals surface area contributed by atoms with E-state index in [-0.39, 0.29) is 5.91 Å². The Morgan fingerprint density at radius 3 is 2.73 bits per heavy atom. The molecule has 0 saturated carbocycles. The number of carbonyl (C=O) groups is 1. The van der Waals surface area contributed by atoms with Gasteiger partial charge in [0, 0.05) is 11.3 Å². The zero-order valence-electron chi connectivity index (χ0n) is 14.5. The lowest BCUT2D eigenvalue weighted by Gasteiger charge is -2.07. The third-order valence-electron chi connectivity index (χ3n) is 3.94. The summed E-state index contributed by atoms with van der Waals surface area (Å²) >= 11 is 1.39. The number of thiazole rings is 1. The molecular weight excluding hydrogens is 348 g/mol. The molecule has 0 unspecified atom stereocenters. The highest BCUT2D eigenvalue weighted by Gasteiger charge is 2.14. The van der Waals surface area contributed by atoms with Crippen LogP contribution in [0.2, 0.25) is 0 Å². The topological polar surface area (TPSA) is 85.1 Å². The van der Waals surface area contributed by atoms with Gasteiger partial charge in [-0.15, -0.1) is 21.5 Å². The second-order valence-electron chi connectivity index (χ2n) is 5.92. The van der Waals surface area contributed by atoms with E-state index >= 15 is 0 Å². The van der Waals surface area contributed by atoms with E-state index in [0.29, 0.717) is 16.2 Å². The largest absolute Gasteiger partial charge is 0.321 e. The van der Waals surface area contributed by atoms with Crippen LogP contribution in [0.5, 0.6) is 0 Å². The first-order valence-electron chi connectivity index (χ1n) is 8.06. The fourth-order valence-electron chi connectivity index (χ4n) is 2.74. The number of hydrogen-bond acceptors (Lipinski definition) is 6. The van der Waals surface area contributed by atoms with Crippen molar-refractivity contribution in [3.8, 4) is 11.3 Å². The van der Waals surface area contributed by atoms with Crippen LogP contribution in [0.25, 0.3) is 16.9 Å². The molecule has 4 rings (SSSR count). The van der Waals surface area contributed by atoms with E-state index < -0.39 is 0 Å². The predicted octanol–water partition coefficient (Wildman–Crippen LogP) is 3.43. The van der Waals surface area contributed by atoms with E-state index in [9.17, 15) is 4.79 Å². The fraction of sp³-hybridized carbons (Fsp3) is 0.167. The van der Waals surface area contributed by atoms with Gasteiger partial charge in [0.15, 0.2) is 11.5 Å². The molecule has 26 heavy (non-hydrogen) atoms. The third-order valence-corrected chi connectivity index (χ3v) is 5.02. The minimum absolute atomic E-state index is 0.150. The molecule has 1 N–H and O–H groups in total. The van der Waals surface area contributed by atoms with Gasteiger partial charge in [0.05, 0.1) is 16.4 Å². The van der Waals surface area contributed by atoms with Gasteiger partial charge in [0.2, 0.25) is 0 Å². The summed E-state index contributed by atoms with van der Waals surface area (Å²) < 4.78 is 1.70. The molecule has 0 radical (unpaired) electrons. The van der Waals surface area contributed by atoms with Crippen molar-refractivity contribution in [1.82, 2.24) is 24.8 Å². The van der Waals surface area contributed by atoms with Crippen molar-refractivity contribution in [2.24, 2.45) is 0 Å². The molecular formula is C18H16N6OS. The number of anilines is 1. The molecule has 0 aliphatic carbocycles. The second kappa shape index (κ2) is 6.30. The summed E-state index contributed by atoms with van der Waals surface area (Å²) in [6.45, 7) is 5.59. The van der Waals surface area contributed by atoms with Crippen molar-refractivity contribution in [1.29, 1.82) is 0 Å². The summed E-state index contributed by atoms with van der Waals surface area (Å²) in [6, 6.07) is 11.4. The molecule has 0 fully saturated rings. The minimum Gasteiger partial charge on any atom is -0.321 e. The summed E-state index contributed by atoms with van der Waals surface area (Å²) in [6.07, 6.45) is 0. The highest BCUT2D eigenvalue weighted by Crippen LogP contribution is 2.23. The monoisotopic (exact) mass is 364 g/mol. The van der Waals surface area contributed by atoms with E-state index in [1.54, 1.807) is 4.52 Å². The van der Waals surface area contributed by atoms with Crippen molar-refractivity contribution in [2.45, 2.75) is 20.8 Å². The van der Waals surface area contributed by atoms with Gasteiger partial charge < -0.3 is 5.32 Å². The van der Waals surface area contributed by atoms with Crippen LogP contribution in [0.15, 0.2) is 36.4 Å². The zero-order valence-corrected chi connectivity index (χ0v) is 15.3. The maximum atomic E-state index is 12.5. The SMILES string of the molecule is Cc1nc(C)c(C(=O)Nc2cccc(-c3ccc4nnc(C)n4n3)c2)s1. The highest BCUT2D eigenvalue weighted by molar-refractivity contribution is 7.13. The molecule has 3 aromatic heterocycles. The standard InChI is InChI=1S/C18H16N6OS/c1-10-17(26-12(3)19-10)18(25)20-14-6-4-5-13(9-14)15-7-8-16-22-21-11(2)24(16)23-15/h4-9H,1-3H3,(H,20,25). The van der Waals surface area contributed by atoms with Gasteiger partial charge in [-0.25, -0.2) is 4.98 Å². The smallest absolute Gasteiger partial charge is 0.267 e. The Bertz CT molecular complexity index is 1130. The van der Waals surface area contributed by atoms with Crippen LogP contribution in [-0.2, 0) is 0 Å². The Morgan fingerprint density at radius 1 is 1.12 bits per heavy atom. The van der Waals surface area contributed by atoms with Crippen LogP contribution in [0.1, 0.15) is 26.2 Å². The normalized spacial score (nSPS) is 11.0. The zero-order chi connectivity index (χ0) is 18.3. The maximum absolute atomic E-state index is 12.5. The van der Waals surface area contributed by atoms with Crippen molar-refractivity contribution < 1.29 is 4.79 Å². The lowest BCUT2D eigenvalue weighted by molar-refractivity contribution is 0.103. The summed E-state index contributed by atoms with van der Waals surface area (Å²) in [5.74, 6) is 0.575. The molecule has 1 aromatic carbocycles. The molecule has 4 aromatic rings. The number of aryl methyl sites for hydroxylation is 3. The second-order valence-corrected chi connectivity index (χ2v) is 7.12. The molecule has 0 bridgehead atoms. The molecule has 0 saturated heterocycles. The molecule has 3 heterocycles. The van der Waals surface area contributed by atoms with Crippen LogP contribution in [0, 0.1) is 20.8 Å². The van der Waals surface area contributed by atoms with Gasteiger partial charge in [0.25, 0.3) is 5.91 Å².